The van der Waals surface area contributed by atoms with Crippen LogP contribution in [0.25, 0.3) is 10.9 Å². The molecule has 0 saturated heterocycles. The second kappa shape index (κ2) is 7.33. The fourth-order valence-electron chi connectivity index (χ4n) is 3.95. The van der Waals surface area contributed by atoms with E-state index in [0.717, 1.165) is 22.2 Å². The summed E-state index contributed by atoms with van der Waals surface area (Å²) < 4.78 is 22.9. The lowest BCUT2D eigenvalue weighted by molar-refractivity contribution is 0.0707. The van der Waals surface area contributed by atoms with Crippen molar-refractivity contribution in [2.75, 3.05) is 6.54 Å². The van der Waals surface area contributed by atoms with Crippen molar-refractivity contribution in [2.45, 2.75) is 19.7 Å². The van der Waals surface area contributed by atoms with Crippen LogP contribution in [0.4, 0.5) is 4.39 Å². The summed E-state index contributed by atoms with van der Waals surface area (Å²) in [6, 6.07) is 16.1. The molecule has 0 fully saturated rings. The number of halogens is 1. The van der Waals surface area contributed by atoms with E-state index < -0.39 is 0 Å². The van der Waals surface area contributed by atoms with Crippen LogP contribution in [-0.4, -0.2) is 31.7 Å². The number of aromatic nitrogens is 3. The van der Waals surface area contributed by atoms with E-state index in [1.807, 2.05) is 63.8 Å². The predicted octanol–water partition coefficient (Wildman–Crippen LogP) is 3.75. The minimum absolute atomic E-state index is 0.0153. The quantitative estimate of drug-likeness (QED) is 0.521. The van der Waals surface area contributed by atoms with Gasteiger partial charge in [0.2, 0.25) is 5.88 Å². The van der Waals surface area contributed by atoms with Gasteiger partial charge in [-0.15, -0.1) is 5.10 Å². The van der Waals surface area contributed by atoms with E-state index in [-0.39, 0.29) is 18.3 Å². The van der Waals surface area contributed by atoms with Gasteiger partial charge in [0.05, 0.1) is 24.3 Å². The van der Waals surface area contributed by atoms with Crippen LogP contribution in [0.5, 0.6) is 5.88 Å². The summed E-state index contributed by atoms with van der Waals surface area (Å²) in [5, 5.41) is 5.43. The zero-order chi connectivity index (χ0) is 20.7. The Morgan fingerprint density at radius 3 is 2.87 bits per heavy atom. The third-order valence-corrected chi connectivity index (χ3v) is 5.47. The number of nitrogens with zero attached hydrogens (tertiary/aromatic N) is 4. The van der Waals surface area contributed by atoms with Crippen LogP contribution in [-0.2, 0) is 26.7 Å². The molecule has 0 bridgehead atoms. The number of fused-ring (bicyclic) bond motifs is 2. The lowest BCUT2D eigenvalue weighted by Crippen LogP contribution is -2.38. The number of carbonyl (C=O) groups is 1. The number of hydrogen-bond acceptors (Lipinski definition) is 3. The molecule has 1 aliphatic rings. The average Bonchev–Trinajstić information content (AvgIpc) is 3.32. The first-order valence-corrected chi connectivity index (χ1v) is 9.86. The number of benzene rings is 2. The molecule has 5 rings (SSSR count). The number of ether oxygens (including phenoxy) is 1. The molecule has 1 amide bonds. The van der Waals surface area contributed by atoms with Crippen LogP contribution in [0.3, 0.4) is 0 Å². The van der Waals surface area contributed by atoms with E-state index in [1.54, 1.807) is 6.07 Å². The van der Waals surface area contributed by atoms with E-state index in [2.05, 4.69) is 5.10 Å². The maximum Gasteiger partial charge on any atom is 0.256 e. The molecule has 6 nitrogen and oxygen atoms in total. The third-order valence-electron chi connectivity index (χ3n) is 5.47. The number of aryl methyl sites for hydroxylation is 1. The molecule has 152 valence electrons. The Hall–Kier alpha value is -3.61. The zero-order valence-corrected chi connectivity index (χ0v) is 16.6. The summed E-state index contributed by atoms with van der Waals surface area (Å²) in [5.41, 5.74) is 3.41. The van der Waals surface area contributed by atoms with Crippen LogP contribution in [0.15, 0.2) is 60.8 Å². The van der Waals surface area contributed by atoms with Crippen molar-refractivity contribution in [2.24, 2.45) is 7.05 Å². The first kappa shape index (κ1) is 18.4. The first-order valence-electron chi connectivity index (χ1n) is 9.86. The van der Waals surface area contributed by atoms with Crippen LogP contribution in [0.2, 0.25) is 0 Å². The molecule has 0 N–H and O–H groups in total. The smallest absolute Gasteiger partial charge is 0.256 e. The minimum Gasteiger partial charge on any atom is -0.472 e. The molecule has 30 heavy (non-hydrogen) atoms. The van der Waals surface area contributed by atoms with Crippen LogP contribution in [0, 0.1) is 5.82 Å². The number of amides is 1. The normalized spacial score (nSPS) is 13.5. The van der Waals surface area contributed by atoms with E-state index in [0.29, 0.717) is 31.1 Å². The Labute approximate surface area is 173 Å². The molecule has 0 spiro atoms. The summed E-state index contributed by atoms with van der Waals surface area (Å²) in [6.45, 7) is 1.90. The van der Waals surface area contributed by atoms with Gasteiger partial charge in [0.1, 0.15) is 12.4 Å². The highest BCUT2D eigenvalue weighted by atomic mass is 19.1. The summed E-state index contributed by atoms with van der Waals surface area (Å²) in [7, 11) is 1.95. The predicted molar refractivity (Wildman–Crippen MR) is 111 cm³/mol. The minimum atomic E-state index is -0.289. The monoisotopic (exact) mass is 404 g/mol. The Morgan fingerprint density at radius 1 is 1.13 bits per heavy atom. The Morgan fingerprint density at radius 2 is 2.00 bits per heavy atom. The van der Waals surface area contributed by atoms with Crippen molar-refractivity contribution < 1.29 is 13.9 Å². The second-order valence-corrected chi connectivity index (χ2v) is 7.51. The molecule has 0 aliphatic carbocycles. The SMILES string of the molecule is Cn1cc(C(=O)N2CCn3nc(OCc4cccc(F)c4)cc3C2)c2ccccc21. The number of carbonyl (C=O) groups excluding carboxylic acids is 1. The van der Waals surface area contributed by atoms with E-state index in [4.69, 9.17) is 4.74 Å². The topological polar surface area (TPSA) is 52.3 Å². The Kier molecular flexibility index (Phi) is 4.50. The van der Waals surface area contributed by atoms with Gasteiger partial charge < -0.3 is 14.2 Å². The van der Waals surface area contributed by atoms with Crippen molar-refractivity contribution in [1.29, 1.82) is 0 Å². The highest BCUT2D eigenvalue weighted by Gasteiger charge is 2.25. The van der Waals surface area contributed by atoms with Crippen molar-refractivity contribution in [1.82, 2.24) is 19.2 Å². The number of rotatable bonds is 4. The van der Waals surface area contributed by atoms with E-state index >= 15 is 0 Å². The van der Waals surface area contributed by atoms with Gasteiger partial charge in [0, 0.05) is 36.8 Å². The van der Waals surface area contributed by atoms with Gasteiger partial charge in [-0.25, -0.2) is 4.39 Å². The van der Waals surface area contributed by atoms with Gasteiger partial charge in [-0.3, -0.25) is 9.48 Å². The molecule has 0 radical (unpaired) electrons. The van der Waals surface area contributed by atoms with Gasteiger partial charge in [-0.2, -0.15) is 0 Å². The van der Waals surface area contributed by atoms with Gasteiger partial charge in [-0.1, -0.05) is 30.3 Å². The maximum absolute atomic E-state index is 13.3. The summed E-state index contributed by atoms with van der Waals surface area (Å²) in [5.74, 6) is 0.207. The zero-order valence-electron chi connectivity index (χ0n) is 16.6. The average molecular weight is 404 g/mol. The fourth-order valence-corrected chi connectivity index (χ4v) is 3.95. The Balaban J connectivity index is 1.32. The summed E-state index contributed by atoms with van der Waals surface area (Å²) in [4.78, 5) is 15.0. The molecule has 3 heterocycles. The largest absolute Gasteiger partial charge is 0.472 e. The molecule has 1 aliphatic heterocycles. The summed E-state index contributed by atoms with van der Waals surface area (Å²) >= 11 is 0. The molecule has 0 unspecified atom stereocenters. The molecular weight excluding hydrogens is 383 g/mol. The lowest BCUT2D eigenvalue weighted by atomic mass is 10.1. The van der Waals surface area contributed by atoms with Crippen molar-refractivity contribution in [3.63, 3.8) is 0 Å². The number of hydrogen-bond donors (Lipinski definition) is 0. The van der Waals surface area contributed by atoms with Gasteiger partial charge in [0.25, 0.3) is 5.91 Å². The van der Waals surface area contributed by atoms with Crippen LogP contribution < -0.4 is 4.74 Å². The van der Waals surface area contributed by atoms with Gasteiger partial charge in [0.15, 0.2) is 0 Å². The summed E-state index contributed by atoms with van der Waals surface area (Å²) in [6.07, 6.45) is 1.90. The maximum atomic E-state index is 13.3. The molecule has 0 atom stereocenters. The third kappa shape index (κ3) is 3.32. The van der Waals surface area contributed by atoms with Gasteiger partial charge in [-0.05, 0) is 23.8 Å². The highest BCUT2D eigenvalue weighted by molar-refractivity contribution is 6.07. The van der Waals surface area contributed by atoms with E-state index in [9.17, 15) is 9.18 Å². The molecule has 2 aromatic carbocycles. The Bertz CT molecular complexity index is 1240. The van der Waals surface area contributed by atoms with Crippen LogP contribution in [0.1, 0.15) is 21.6 Å². The van der Waals surface area contributed by atoms with Crippen molar-refractivity contribution in [3.8, 4) is 5.88 Å². The molecule has 2 aromatic heterocycles. The molecule has 0 saturated carbocycles. The first-order chi connectivity index (χ1) is 14.6. The van der Waals surface area contributed by atoms with E-state index in [1.165, 1.54) is 12.1 Å². The standard InChI is InChI=1S/C23H21FN4O2/c1-26-14-20(19-7-2-3-8-21(19)26)23(29)27-9-10-28-18(13-27)12-22(25-28)30-15-16-5-4-6-17(24)11-16/h2-8,11-12,14H,9-10,13,15H2,1H3. The van der Waals surface area contributed by atoms with Crippen LogP contribution >= 0.6 is 0 Å². The highest BCUT2D eigenvalue weighted by Crippen LogP contribution is 2.25. The lowest BCUT2D eigenvalue weighted by Gasteiger charge is -2.27. The second-order valence-electron chi connectivity index (χ2n) is 7.51. The molecular formula is C23H21FN4O2. The molecule has 4 aromatic rings. The fraction of sp³-hybridized carbons (Fsp3) is 0.217. The number of para-hydroxylation sites is 1. The van der Waals surface area contributed by atoms with Gasteiger partial charge >= 0.3 is 0 Å². The van der Waals surface area contributed by atoms with Crippen molar-refractivity contribution in [3.05, 3.63) is 83.4 Å². The van der Waals surface area contributed by atoms with Crippen molar-refractivity contribution >= 4 is 16.8 Å². The molecule has 7 heteroatoms.